The Morgan fingerprint density at radius 2 is 2.11 bits per heavy atom. The van der Waals surface area contributed by atoms with Crippen LogP contribution in [0.25, 0.3) is 0 Å². The van der Waals surface area contributed by atoms with Gasteiger partial charge in [-0.2, -0.15) is 0 Å². The first kappa shape index (κ1) is 12.4. The molecule has 0 amide bonds. The minimum Gasteiger partial charge on any atom is -0.364 e. The van der Waals surface area contributed by atoms with Crippen molar-refractivity contribution in [1.82, 2.24) is 5.32 Å². The Kier molecular flexibility index (Phi) is 3.14. The Hall–Kier alpha value is -1.62. The predicted molar refractivity (Wildman–Crippen MR) is 74.6 cm³/mol. The lowest BCUT2D eigenvalue weighted by atomic mass is 10.1. The second kappa shape index (κ2) is 4.81. The van der Waals surface area contributed by atoms with E-state index in [4.69, 9.17) is 0 Å². The normalized spacial score (nSPS) is 26.3. The molecule has 1 N–H and O–H groups in total. The predicted octanol–water partition coefficient (Wildman–Crippen LogP) is 2.23. The number of hydrogen-bond donors (Lipinski definition) is 1. The van der Waals surface area contributed by atoms with Gasteiger partial charge in [0.25, 0.3) is 5.69 Å². The fraction of sp³-hybridized carbons (Fsp3) is 0.571. The van der Waals surface area contributed by atoms with E-state index in [0.717, 1.165) is 30.8 Å². The van der Waals surface area contributed by atoms with Gasteiger partial charge in [-0.3, -0.25) is 10.1 Å². The lowest BCUT2D eigenvalue weighted by Crippen LogP contribution is -2.35. The molecular formula is C14H19N3O2. The first-order chi connectivity index (χ1) is 9.15. The van der Waals surface area contributed by atoms with Crippen LogP contribution in [-0.2, 0) is 0 Å². The minimum atomic E-state index is -0.265. The quantitative estimate of drug-likeness (QED) is 0.655. The molecule has 1 aromatic carbocycles. The van der Waals surface area contributed by atoms with Gasteiger partial charge in [0.05, 0.1) is 4.92 Å². The first-order valence-electron chi connectivity index (χ1n) is 6.90. The van der Waals surface area contributed by atoms with Gasteiger partial charge in [0.1, 0.15) is 5.69 Å². The molecule has 3 rings (SSSR count). The topological polar surface area (TPSA) is 58.4 Å². The zero-order valence-electron chi connectivity index (χ0n) is 11.1. The highest BCUT2D eigenvalue weighted by Crippen LogP contribution is 2.34. The van der Waals surface area contributed by atoms with Crippen LogP contribution in [0, 0.1) is 17.0 Å². The fourth-order valence-electron chi connectivity index (χ4n) is 3.35. The molecule has 2 unspecified atom stereocenters. The summed E-state index contributed by atoms with van der Waals surface area (Å²) >= 11 is 0. The number of fused-ring (bicyclic) bond motifs is 2. The van der Waals surface area contributed by atoms with E-state index in [1.807, 2.05) is 13.0 Å². The van der Waals surface area contributed by atoms with Crippen molar-refractivity contribution in [3.05, 3.63) is 33.9 Å². The second-order valence-corrected chi connectivity index (χ2v) is 5.57. The fourth-order valence-corrected chi connectivity index (χ4v) is 3.35. The van der Waals surface area contributed by atoms with Crippen LogP contribution in [0.4, 0.5) is 11.4 Å². The average molecular weight is 261 g/mol. The summed E-state index contributed by atoms with van der Waals surface area (Å²) < 4.78 is 0. The van der Waals surface area contributed by atoms with Gasteiger partial charge >= 0.3 is 0 Å². The Morgan fingerprint density at radius 1 is 1.32 bits per heavy atom. The zero-order chi connectivity index (χ0) is 13.4. The summed E-state index contributed by atoms with van der Waals surface area (Å²) in [7, 11) is 0. The molecule has 2 heterocycles. The van der Waals surface area contributed by atoms with Crippen LogP contribution in [0.15, 0.2) is 18.2 Å². The molecule has 0 radical (unpaired) electrons. The van der Waals surface area contributed by atoms with Gasteiger partial charge in [0.2, 0.25) is 0 Å². The van der Waals surface area contributed by atoms with Crippen molar-refractivity contribution >= 4 is 11.4 Å². The Labute approximate surface area is 112 Å². The number of para-hydroxylation sites is 1. The first-order valence-corrected chi connectivity index (χ1v) is 6.90. The molecule has 0 aromatic heterocycles. The minimum absolute atomic E-state index is 0.234. The molecule has 2 bridgehead atoms. The van der Waals surface area contributed by atoms with Crippen molar-refractivity contribution < 1.29 is 4.92 Å². The second-order valence-electron chi connectivity index (χ2n) is 5.57. The zero-order valence-corrected chi connectivity index (χ0v) is 11.1. The molecule has 102 valence electrons. The largest absolute Gasteiger partial charge is 0.364 e. The Balaban J connectivity index is 1.95. The van der Waals surface area contributed by atoms with Crippen LogP contribution < -0.4 is 10.2 Å². The average Bonchev–Trinajstić information content (AvgIpc) is 2.70. The van der Waals surface area contributed by atoms with Crippen molar-refractivity contribution in [3.8, 4) is 0 Å². The van der Waals surface area contributed by atoms with Crippen molar-refractivity contribution in [2.45, 2.75) is 38.3 Å². The summed E-state index contributed by atoms with van der Waals surface area (Å²) in [6.07, 6.45) is 3.50. The monoisotopic (exact) mass is 261 g/mol. The number of rotatable bonds is 2. The van der Waals surface area contributed by atoms with Gasteiger partial charge in [-0.05, 0) is 31.7 Å². The molecule has 19 heavy (non-hydrogen) atoms. The third-order valence-electron chi connectivity index (χ3n) is 4.25. The van der Waals surface area contributed by atoms with Crippen molar-refractivity contribution in [3.63, 3.8) is 0 Å². The molecule has 2 fully saturated rings. The van der Waals surface area contributed by atoms with Crippen LogP contribution in [0.3, 0.4) is 0 Å². The third kappa shape index (κ3) is 2.30. The molecule has 2 aliphatic heterocycles. The molecular weight excluding hydrogens is 242 g/mol. The lowest BCUT2D eigenvalue weighted by Gasteiger charge is -2.27. The number of nitrogens with zero attached hydrogens (tertiary/aromatic N) is 2. The highest BCUT2D eigenvalue weighted by atomic mass is 16.6. The van der Waals surface area contributed by atoms with Gasteiger partial charge in [0.15, 0.2) is 0 Å². The molecule has 0 saturated carbocycles. The summed E-state index contributed by atoms with van der Waals surface area (Å²) in [5.74, 6) is 0. The number of aryl methyl sites for hydroxylation is 1. The van der Waals surface area contributed by atoms with Gasteiger partial charge < -0.3 is 10.2 Å². The lowest BCUT2D eigenvalue weighted by molar-refractivity contribution is -0.384. The van der Waals surface area contributed by atoms with E-state index in [-0.39, 0.29) is 10.6 Å². The molecule has 2 aliphatic rings. The number of nitro groups is 1. The number of benzene rings is 1. The molecule has 0 spiro atoms. The van der Waals surface area contributed by atoms with Crippen molar-refractivity contribution in [2.24, 2.45) is 0 Å². The van der Waals surface area contributed by atoms with Gasteiger partial charge in [-0.1, -0.05) is 12.1 Å². The van der Waals surface area contributed by atoms with Crippen LogP contribution in [0.2, 0.25) is 0 Å². The molecule has 2 atom stereocenters. The van der Waals surface area contributed by atoms with E-state index in [0.29, 0.717) is 12.1 Å². The summed E-state index contributed by atoms with van der Waals surface area (Å²) in [4.78, 5) is 13.2. The SMILES string of the molecule is Cc1cccc([N+](=O)[O-])c1N1CCC2CCC(C1)N2. The standard InChI is InChI=1S/C14H19N3O2/c1-10-3-2-4-13(17(18)19)14(10)16-8-7-11-5-6-12(9-16)15-11/h2-4,11-12,15H,5-9H2,1H3. The summed E-state index contributed by atoms with van der Waals surface area (Å²) in [5, 5.41) is 14.8. The number of nitrogens with one attached hydrogen (secondary N) is 1. The Morgan fingerprint density at radius 3 is 2.89 bits per heavy atom. The third-order valence-corrected chi connectivity index (χ3v) is 4.25. The maximum Gasteiger partial charge on any atom is 0.292 e. The van der Waals surface area contributed by atoms with E-state index in [9.17, 15) is 10.1 Å². The van der Waals surface area contributed by atoms with E-state index >= 15 is 0 Å². The summed E-state index contributed by atoms with van der Waals surface area (Å²) in [6.45, 7) is 3.74. The van der Waals surface area contributed by atoms with Crippen molar-refractivity contribution in [1.29, 1.82) is 0 Å². The smallest absolute Gasteiger partial charge is 0.292 e. The summed E-state index contributed by atoms with van der Waals surface area (Å²) in [5.41, 5.74) is 2.03. The van der Waals surface area contributed by atoms with E-state index < -0.39 is 0 Å². The maximum absolute atomic E-state index is 11.2. The van der Waals surface area contributed by atoms with E-state index in [1.54, 1.807) is 12.1 Å². The number of nitro benzene ring substituents is 1. The highest BCUT2D eigenvalue weighted by Gasteiger charge is 2.32. The molecule has 0 aliphatic carbocycles. The highest BCUT2D eigenvalue weighted by molar-refractivity contribution is 5.68. The maximum atomic E-state index is 11.2. The van der Waals surface area contributed by atoms with E-state index in [2.05, 4.69) is 10.2 Å². The Bertz CT molecular complexity index is 503. The number of anilines is 1. The molecule has 5 nitrogen and oxygen atoms in total. The molecule has 1 aromatic rings. The molecule has 2 saturated heterocycles. The van der Waals surface area contributed by atoms with Crippen LogP contribution in [0.1, 0.15) is 24.8 Å². The van der Waals surface area contributed by atoms with Gasteiger partial charge in [-0.15, -0.1) is 0 Å². The van der Waals surface area contributed by atoms with Gasteiger partial charge in [0, 0.05) is 31.2 Å². The number of hydrogen-bond acceptors (Lipinski definition) is 4. The van der Waals surface area contributed by atoms with Crippen LogP contribution in [-0.4, -0.2) is 30.1 Å². The summed E-state index contributed by atoms with van der Waals surface area (Å²) in [6, 6.07) is 6.40. The van der Waals surface area contributed by atoms with Gasteiger partial charge in [-0.25, -0.2) is 0 Å². The van der Waals surface area contributed by atoms with Crippen molar-refractivity contribution in [2.75, 3.05) is 18.0 Å². The van der Waals surface area contributed by atoms with Crippen LogP contribution >= 0.6 is 0 Å². The molecule has 5 heteroatoms. The van der Waals surface area contributed by atoms with E-state index in [1.165, 1.54) is 12.8 Å². The van der Waals surface area contributed by atoms with Crippen LogP contribution in [0.5, 0.6) is 0 Å².